The van der Waals surface area contributed by atoms with Gasteiger partial charge in [0.05, 0.1) is 12.1 Å². The number of aromatic carboxylic acids is 1. The van der Waals surface area contributed by atoms with Crippen LogP contribution in [0.5, 0.6) is 0 Å². The highest BCUT2D eigenvalue weighted by molar-refractivity contribution is 5.95. The van der Waals surface area contributed by atoms with Gasteiger partial charge < -0.3 is 5.11 Å². The molecule has 1 N–H and O–H groups in total. The summed E-state index contributed by atoms with van der Waals surface area (Å²) in [6.07, 6.45) is 0.683. The maximum Gasteiger partial charge on any atom is 0.347 e. The van der Waals surface area contributed by atoms with Crippen molar-refractivity contribution in [2.75, 3.05) is 0 Å². The number of rotatable bonds is 6. The molecule has 6 heteroatoms. The molecule has 0 unspecified atom stereocenters. The highest BCUT2D eigenvalue weighted by atomic mass is 16.4. The molecular weight excluding hydrogens is 378 g/mol. The Bertz CT molecular complexity index is 1160. The van der Waals surface area contributed by atoms with Gasteiger partial charge in [0.15, 0.2) is 0 Å². The molecule has 0 aliphatic heterocycles. The van der Waals surface area contributed by atoms with Gasteiger partial charge in [0.1, 0.15) is 0 Å². The van der Waals surface area contributed by atoms with E-state index in [-0.39, 0.29) is 11.3 Å². The largest absolute Gasteiger partial charge is 0.478 e. The second-order valence-corrected chi connectivity index (χ2v) is 7.47. The minimum absolute atomic E-state index is 0.176. The van der Waals surface area contributed by atoms with Gasteiger partial charge in [-0.05, 0) is 34.6 Å². The number of carbonyl (C=O) groups is 1. The summed E-state index contributed by atoms with van der Waals surface area (Å²) in [5.41, 5.74) is 2.47. The van der Waals surface area contributed by atoms with E-state index in [1.807, 2.05) is 51.1 Å². The first-order valence-electron chi connectivity index (χ1n) is 9.98. The third-order valence-corrected chi connectivity index (χ3v) is 4.60. The Morgan fingerprint density at radius 1 is 1.13 bits per heavy atom. The molecule has 0 aliphatic rings. The highest BCUT2D eigenvalue weighted by Gasteiger charge is 2.14. The van der Waals surface area contributed by atoms with Crippen molar-refractivity contribution in [3.63, 3.8) is 0 Å². The molecule has 0 amide bonds. The van der Waals surface area contributed by atoms with Gasteiger partial charge in [0.2, 0.25) is 5.82 Å². The molecule has 6 nitrogen and oxygen atoms in total. The van der Waals surface area contributed by atoms with E-state index < -0.39 is 5.97 Å². The summed E-state index contributed by atoms with van der Waals surface area (Å²) in [6, 6.07) is 14.5. The zero-order valence-electron chi connectivity index (χ0n) is 17.4. The fourth-order valence-electron chi connectivity index (χ4n) is 3.20. The zero-order valence-corrected chi connectivity index (χ0v) is 17.4. The highest BCUT2D eigenvalue weighted by Crippen LogP contribution is 2.24. The van der Waals surface area contributed by atoms with E-state index in [1.165, 1.54) is 4.68 Å². The quantitative estimate of drug-likeness (QED) is 0.634. The Kier molecular flexibility index (Phi) is 6.53. The third kappa shape index (κ3) is 4.69. The van der Waals surface area contributed by atoms with Gasteiger partial charge in [0.25, 0.3) is 0 Å². The minimum atomic E-state index is -0.960. The smallest absolute Gasteiger partial charge is 0.347 e. The Morgan fingerprint density at radius 3 is 2.47 bits per heavy atom. The van der Waals surface area contributed by atoms with E-state index in [1.54, 1.807) is 22.8 Å². The fourth-order valence-corrected chi connectivity index (χ4v) is 3.20. The molecule has 0 aliphatic carbocycles. The number of hydrogen-bond acceptors (Lipinski definition) is 3. The molecular formula is C24H25N3O3. The van der Waals surface area contributed by atoms with Crippen molar-refractivity contribution >= 4 is 5.97 Å². The number of carboxylic acids is 1. The van der Waals surface area contributed by atoms with Crippen LogP contribution in [0.25, 0.3) is 11.1 Å². The molecule has 0 radical (unpaired) electrons. The predicted octanol–water partition coefficient (Wildman–Crippen LogP) is 3.88. The lowest BCUT2D eigenvalue weighted by molar-refractivity contribution is 0.0697. The van der Waals surface area contributed by atoms with E-state index in [2.05, 4.69) is 16.9 Å². The van der Waals surface area contributed by atoms with E-state index in [4.69, 9.17) is 0 Å². The summed E-state index contributed by atoms with van der Waals surface area (Å²) in [5.74, 6) is 5.78. The molecule has 0 saturated carbocycles. The van der Waals surface area contributed by atoms with E-state index in [0.717, 1.165) is 11.1 Å². The van der Waals surface area contributed by atoms with Crippen LogP contribution in [0.3, 0.4) is 0 Å². The van der Waals surface area contributed by atoms with Gasteiger partial charge in [-0.1, -0.05) is 69.2 Å². The molecule has 2 aromatic carbocycles. The van der Waals surface area contributed by atoms with Crippen LogP contribution < -0.4 is 5.69 Å². The number of nitrogens with zero attached hydrogens (tertiary/aromatic N) is 3. The summed E-state index contributed by atoms with van der Waals surface area (Å²) in [5, 5.41) is 13.8. The van der Waals surface area contributed by atoms with Crippen molar-refractivity contribution in [2.24, 2.45) is 5.92 Å². The van der Waals surface area contributed by atoms with E-state index in [0.29, 0.717) is 36.8 Å². The number of aromatic nitrogens is 3. The van der Waals surface area contributed by atoms with Crippen LogP contribution in [0.4, 0.5) is 0 Å². The molecule has 3 rings (SSSR count). The Hall–Kier alpha value is -3.59. The van der Waals surface area contributed by atoms with E-state index >= 15 is 0 Å². The molecule has 0 fully saturated rings. The predicted molar refractivity (Wildman–Crippen MR) is 116 cm³/mol. The van der Waals surface area contributed by atoms with Crippen molar-refractivity contribution in [2.45, 2.75) is 40.3 Å². The molecule has 0 saturated heterocycles. The van der Waals surface area contributed by atoms with Crippen LogP contribution in [-0.4, -0.2) is 25.4 Å². The Balaban J connectivity index is 1.93. The Labute approximate surface area is 175 Å². The van der Waals surface area contributed by atoms with Gasteiger partial charge in [-0.3, -0.25) is 4.57 Å². The van der Waals surface area contributed by atoms with Crippen molar-refractivity contribution < 1.29 is 9.90 Å². The first-order valence-corrected chi connectivity index (χ1v) is 9.98. The maximum absolute atomic E-state index is 12.8. The first kappa shape index (κ1) is 21.1. The molecule has 0 atom stereocenters. The van der Waals surface area contributed by atoms with Crippen LogP contribution in [0.15, 0.2) is 53.3 Å². The SMILES string of the molecule is CCC#Cc1nn(CC(C)C)c(=O)n1Cc1ccc(-c2ccccc2C(=O)O)cc1. The van der Waals surface area contributed by atoms with E-state index in [9.17, 15) is 14.7 Å². The lowest BCUT2D eigenvalue weighted by atomic mass is 9.99. The zero-order chi connectivity index (χ0) is 21.7. The molecule has 1 aromatic heterocycles. The topological polar surface area (TPSA) is 77.1 Å². The van der Waals surface area contributed by atoms with Crippen molar-refractivity contribution in [1.82, 2.24) is 14.3 Å². The second-order valence-electron chi connectivity index (χ2n) is 7.47. The van der Waals surface area contributed by atoms with Gasteiger partial charge in [-0.2, -0.15) is 0 Å². The van der Waals surface area contributed by atoms with Gasteiger partial charge in [-0.15, -0.1) is 5.10 Å². The summed E-state index contributed by atoms with van der Waals surface area (Å²) < 4.78 is 3.06. The maximum atomic E-state index is 12.8. The lowest BCUT2D eigenvalue weighted by Crippen LogP contribution is -2.27. The molecule has 0 spiro atoms. The molecule has 3 aromatic rings. The molecule has 1 heterocycles. The Morgan fingerprint density at radius 2 is 1.83 bits per heavy atom. The summed E-state index contributed by atoms with van der Waals surface area (Å²) in [6.45, 7) is 6.92. The van der Waals surface area contributed by atoms with Crippen LogP contribution in [0.1, 0.15) is 48.9 Å². The summed E-state index contributed by atoms with van der Waals surface area (Å²) in [4.78, 5) is 24.3. The van der Waals surface area contributed by atoms with Crippen molar-refractivity contribution in [3.8, 4) is 23.0 Å². The summed E-state index contributed by atoms with van der Waals surface area (Å²) >= 11 is 0. The molecule has 30 heavy (non-hydrogen) atoms. The number of carboxylic acid groups (broad SMARTS) is 1. The normalized spacial score (nSPS) is 10.7. The number of hydrogen-bond donors (Lipinski definition) is 1. The second kappa shape index (κ2) is 9.27. The van der Waals surface area contributed by atoms with Crippen molar-refractivity contribution in [3.05, 3.63) is 76.0 Å². The summed E-state index contributed by atoms with van der Waals surface area (Å²) in [7, 11) is 0. The van der Waals surface area contributed by atoms with Crippen LogP contribution >= 0.6 is 0 Å². The standard InChI is InChI=1S/C24H25N3O3/c1-4-5-10-22-25-27(15-17(2)3)24(30)26(22)16-18-11-13-19(14-12-18)20-8-6-7-9-21(20)23(28)29/h6-9,11-14,17H,4,15-16H2,1-3H3,(H,28,29). The molecule has 154 valence electrons. The van der Waals surface area contributed by atoms with Crippen LogP contribution in [0.2, 0.25) is 0 Å². The third-order valence-electron chi connectivity index (χ3n) is 4.60. The fraction of sp³-hybridized carbons (Fsp3) is 0.292. The number of benzene rings is 2. The van der Waals surface area contributed by atoms with Gasteiger partial charge in [-0.25, -0.2) is 14.3 Å². The average molecular weight is 403 g/mol. The molecule has 0 bridgehead atoms. The lowest BCUT2D eigenvalue weighted by Gasteiger charge is -2.08. The monoisotopic (exact) mass is 403 g/mol. The van der Waals surface area contributed by atoms with Crippen LogP contribution in [-0.2, 0) is 13.1 Å². The van der Waals surface area contributed by atoms with Crippen molar-refractivity contribution in [1.29, 1.82) is 0 Å². The minimum Gasteiger partial charge on any atom is -0.478 e. The van der Waals surface area contributed by atoms with Crippen LogP contribution in [0, 0.1) is 17.8 Å². The first-order chi connectivity index (χ1) is 14.4. The average Bonchev–Trinajstić information content (AvgIpc) is 3.01. The van der Waals surface area contributed by atoms with Gasteiger partial charge in [0, 0.05) is 13.0 Å². The van der Waals surface area contributed by atoms with Gasteiger partial charge >= 0.3 is 11.7 Å².